The highest BCUT2D eigenvalue weighted by atomic mass is 35.5. The number of alkyl halides is 3. The van der Waals surface area contributed by atoms with Crippen LogP contribution in [-0.4, -0.2) is 29.3 Å². The Hall–Kier alpha value is -1.87. The molecule has 2 heterocycles. The molecule has 0 spiro atoms. The van der Waals surface area contributed by atoms with Gasteiger partial charge in [0.15, 0.2) is 10.9 Å². The summed E-state index contributed by atoms with van der Waals surface area (Å²) < 4.78 is 37.6. The van der Waals surface area contributed by atoms with Crippen LogP contribution in [0.2, 0.25) is 5.02 Å². The zero-order chi connectivity index (χ0) is 17.7. The van der Waals surface area contributed by atoms with Gasteiger partial charge in [0.25, 0.3) is 0 Å². The molecule has 2 aromatic heterocycles. The lowest BCUT2D eigenvalue weighted by Gasteiger charge is -2.16. The summed E-state index contributed by atoms with van der Waals surface area (Å²) in [4.78, 5) is 10.8. The van der Waals surface area contributed by atoms with E-state index in [1.807, 2.05) is 13.8 Å². The van der Waals surface area contributed by atoms with Crippen LogP contribution in [-0.2, 0) is 6.18 Å². The number of anilines is 2. The highest BCUT2D eigenvalue weighted by Crippen LogP contribution is 2.32. The third-order valence-electron chi connectivity index (χ3n) is 3.08. The van der Waals surface area contributed by atoms with Crippen LogP contribution >= 0.6 is 22.9 Å². The standard InChI is InChI=1S/C14H15ClF3N5S/c1-3-23(4-2)13-20-7-10(24-13)8-21-22-12-11(15)5-9(6-19-12)14(16,17)18/h5-8H,3-4H2,1-2H3,(H,19,22)/b21-8-. The third-order valence-corrected chi connectivity index (χ3v) is 4.36. The van der Waals surface area contributed by atoms with Crippen LogP contribution in [0.1, 0.15) is 24.3 Å². The molecule has 0 atom stereocenters. The molecule has 0 unspecified atom stereocenters. The minimum absolute atomic E-state index is 0.0504. The fourth-order valence-electron chi connectivity index (χ4n) is 1.81. The minimum atomic E-state index is -4.48. The Kier molecular flexibility index (Phi) is 6.00. The van der Waals surface area contributed by atoms with Gasteiger partial charge in [0.1, 0.15) is 0 Å². The van der Waals surface area contributed by atoms with Gasteiger partial charge in [-0.15, -0.1) is 0 Å². The summed E-state index contributed by atoms with van der Waals surface area (Å²) >= 11 is 7.24. The summed E-state index contributed by atoms with van der Waals surface area (Å²) in [6.45, 7) is 5.78. The molecule has 0 aliphatic heterocycles. The summed E-state index contributed by atoms with van der Waals surface area (Å²) in [5, 5.41) is 4.66. The Labute approximate surface area is 146 Å². The average molecular weight is 378 g/mol. The lowest BCUT2D eigenvalue weighted by atomic mass is 10.3. The average Bonchev–Trinajstić information content (AvgIpc) is 2.98. The first-order valence-corrected chi connectivity index (χ1v) is 8.27. The van der Waals surface area contributed by atoms with Gasteiger partial charge < -0.3 is 4.90 Å². The van der Waals surface area contributed by atoms with Crippen LogP contribution in [0.15, 0.2) is 23.6 Å². The van der Waals surface area contributed by atoms with E-state index in [-0.39, 0.29) is 10.8 Å². The second kappa shape index (κ2) is 7.80. The van der Waals surface area contributed by atoms with Crippen LogP contribution < -0.4 is 10.3 Å². The number of hydrazone groups is 1. The molecule has 1 N–H and O–H groups in total. The van der Waals surface area contributed by atoms with Gasteiger partial charge in [-0.25, -0.2) is 9.97 Å². The molecular weight excluding hydrogens is 363 g/mol. The van der Waals surface area contributed by atoms with Crippen molar-refractivity contribution in [2.45, 2.75) is 20.0 Å². The van der Waals surface area contributed by atoms with Crippen molar-refractivity contribution in [1.29, 1.82) is 0 Å². The van der Waals surface area contributed by atoms with E-state index in [4.69, 9.17) is 11.6 Å². The van der Waals surface area contributed by atoms with Crippen molar-refractivity contribution in [2.75, 3.05) is 23.4 Å². The first-order chi connectivity index (χ1) is 11.3. The lowest BCUT2D eigenvalue weighted by molar-refractivity contribution is -0.137. The van der Waals surface area contributed by atoms with E-state index in [1.165, 1.54) is 17.6 Å². The molecule has 0 saturated carbocycles. The van der Waals surface area contributed by atoms with Crippen LogP contribution in [0.4, 0.5) is 24.1 Å². The van der Waals surface area contributed by atoms with Gasteiger partial charge >= 0.3 is 6.18 Å². The summed E-state index contributed by atoms with van der Waals surface area (Å²) in [6, 6.07) is 0.803. The number of nitrogens with zero attached hydrogens (tertiary/aromatic N) is 4. The van der Waals surface area contributed by atoms with Crippen LogP contribution in [0.5, 0.6) is 0 Å². The molecule has 0 amide bonds. The van der Waals surface area contributed by atoms with Crippen molar-refractivity contribution in [3.63, 3.8) is 0 Å². The highest BCUT2D eigenvalue weighted by Gasteiger charge is 2.31. The van der Waals surface area contributed by atoms with E-state index >= 15 is 0 Å². The third kappa shape index (κ3) is 4.57. The summed E-state index contributed by atoms with van der Waals surface area (Å²) in [7, 11) is 0. The molecule has 0 aliphatic rings. The first kappa shape index (κ1) is 18.5. The van der Waals surface area contributed by atoms with Crippen LogP contribution in [0.3, 0.4) is 0 Å². The Balaban J connectivity index is 2.04. The molecule has 24 heavy (non-hydrogen) atoms. The van der Waals surface area contributed by atoms with Crippen molar-refractivity contribution in [3.05, 3.63) is 33.9 Å². The van der Waals surface area contributed by atoms with Gasteiger partial charge in [0.2, 0.25) is 0 Å². The predicted molar refractivity (Wildman–Crippen MR) is 91.1 cm³/mol. The lowest BCUT2D eigenvalue weighted by Crippen LogP contribution is -2.21. The second-order valence-electron chi connectivity index (χ2n) is 4.64. The Morgan fingerprint density at radius 1 is 1.29 bits per heavy atom. The number of thiazole rings is 1. The highest BCUT2D eigenvalue weighted by molar-refractivity contribution is 7.17. The summed E-state index contributed by atoms with van der Waals surface area (Å²) in [5.74, 6) is 0.0504. The number of halogens is 4. The van der Waals surface area contributed by atoms with Crippen LogP contribution in [0, 0.1) is 0 Å². The fraction of sp³-hybridized carbons (Fsp3) is 0.357. The molecule has 5 nitrogen and oxygen atoms in total. The normalized spacial score (nSPS) is 11.9. The maximum absolute atomic E-state index is 12.5. The van der Waals surface area contributed by atoms with Crippen molar-refractivity contribution in [3.8, 4) is 0 Å². The van der Waals surface area contributed by atoms with E-state index < -0.39 is 11.7 Å². The van der Waals surface area contributed by atoms with Crippen molar-refractivity contribution in [2.24, 2.45) is 5.10 Å². The SMILES string of the molecule is CCN(CC)c1ncc(/C=N\Nc2ncc(C(F)(F)F)cc2Cl)s1. The zero-order valence-electron chi connectivity index (χ0n) is 12.9. The van der Waals surface area contributed by atoms with Gasteiger partial charge in [-0.2, -0.15) is 18.3 Å². The molecule has 0 radical (unpaired) electrons. The molecule has 130 valence electrons. The monoisotopic (exact) mass is 377 g/mol. The molecule has 0 aliphatic carbocycles. The number of hydrogen-bond acceptors (Lipinski definition) is 6. The maximum atomic E-state index is 12.5. The van der Waals surface area contributed by atoms with E-state index in [9.17, 15) is 13.2 Å². The van der Waals surface area contributed by atoms with Crippen molar-refractivity contribution >= 4 is 40.1 Å². The topological polar surface area (TPSA) is 53.4 Å². The first-order valence-electron chi connectivity index (χ1n) is 7.07. The maximum Gasteiger partial charge on any atom is 0.417 e. The van der Waals surface area contributed by atoms with Gasteiger partial charge in [-0.3, -0.25) is 5.43 Å². The molecular formula is C14H15ClF3N5S. The predicted octanol–water partition coefficient (Wildman–Crippen LogP) is 4.50. The van der Waals surface area contributed by atoms with E-state index in [0.29, 0.717) is 6.20 Å². The molecule has 2 aromatic rings. The molecule has 0 aromatic carbocycles. The van der Waals surface area contributed by atoms with Gasteiger partial charge in [0, 0.05) is 25.5 Å². The second-order valence-corrected chi connectivity index (χ2v) is 6.09. The summed E-state index contributed by atoms with van der Waals surface area (Å²) in [6.07, 6.45) is -0.595. The number of pyridine rings is 1. The van der Waals surface area contributed by atoms with Crippen molar-refractivity contribution < 1.29 is 13.2 Å². The molecule has 0 saturated heterocycles. The quantitative estimate of drug-likeness (QED) is 0.594. The van der Waals surface area contributed by atoms with Crippen molar-refractivity contribution in [1.82, 2.24) is 9.97 Å². The smallest absolute Gasteiger partial charge is 0.349 e. The largest absolute Gasteiger partial charge is 0.417 e. The molecule has 0 fully saturated rings. The summed E-state index contributed by atoms with van der Waals surface area (Å²) in [5.41, 5.74) is 1.62. The Bertz CT molecular complexity index is 713. The van der Waals surface area contributed by atoms with E-state index in [2.05, 4.69) is 25.4 Å². The van der Waals surface area contributed by atoms with Gasteiger partial charge in [-0.1, -0.05) is 22.9 Å². The Morgan fingerprint density at radius 2 is 2.00 bits per heavy atom. The zero-order valence-corrected chi connectivity index (χ0v) is 14.5. The minimum Gasteiger partial charge on any atom is -0.349 e. The van der Waals surface area contributed by atoms with Gasteiger partial charge in [0.05, 0.1) is 21.7 Å². The molecule has 2 rings (SSSR count). The molecule has 10 heteroatoms. The number of aromatic nitrogens is 2. The Morgan fingerprint density at radius 3 is 2.58 bits per heavy atom. The van der Waals surface area contributed by atoms with E-state index in [0.717, 1.165) is 29.2 Å². The number of hydrogen-bond donors (Lipinski definition) is 1. The molecule has 0 bridgehead atoms. The van der Waals surface area contributed by atoms with E-state index in [1.54, 1.807) is 6.20 Å². The van der Waals surface area contributed by atoms with Gasteiger partial charge in [-0.05, 0) is 19.9 Å². The fourth-order valence-corrected chi connectivity index (χ4v) is 2.93. The number of nitrogens with one attached hydrogen (secondary N) is 1. The van der Waals surface area contributed by atoms with Crippen LogP contribution in [0.25, 0.3) is 0 Å². The number of rotatable bonds is 6.